The van der Waals surface area contributed by atoms with E-state index in [9.17, 15) is 4.79 Å². The molecule has 0 aliphatic carbocycles. The van der Waals surface area contributed by atoms with Crippen LogP contribution in [-0.4, -0.2) is 12.4 Å². The minimum Gasteiger partial charge on any atom is -0.491 e. The Labute approximate surface area is 105 Å². The van der Waals surface area contributed by atoms with Crippen molar-refractivity contribution in [2.24, 2.45) is 0 Å². The number of carbonyl (C=O) groups excluding carboxylic acids is 1. The first kappa shape index (κ1) is 11.5. The fourth-order valence-electron chi connectivity index (χ4n) is 1.42. The van der Waals surface area contributed by atoms with Crippen molar-refractivity contribution in [3.8, 4) is 5.75 Å². The number of benzene rings is 1. The molecule has 2 rings (SSSR count). The van der Waals surface area contributed by atoms with Crippen molar-refractivity contribution < 1.29 is 9.53 Å². The lowest BCUT2D eigenvalue weighted by molar-refractivity contribution is 0.0930. The largest absolute Gasteiger partial charge is 0.491 e. The number of ether oxygens (including phenoxy) is 1. The zero-order valence-electron chi connectivity index (χ0n) is 7.46. The van der Waals surface area contributed by atoms with Gasteiger partial charge in [0.15, 0.2) is 5.78 Å². The highest BCUT2D eigenvalue weighted by Gasteiger charge is 2.22. The van der Waals surface area contributed by atoms with E-state index in [0.29, 0.717) is 24.3 Å². The van der Waals surface area contributed by atoms with E-state index in [2.05, 4.69) is 0 Å². The van der Waals surface area contributed by atoms with Gasteiger partial charge in [-0.2, -0.15) is 0 Å². The second-order valence-electron chi connectivity index (χ2n) is 2.97. The van der Waals surface area contributed by atoms with Crippen molar-refractivity contribution >= 4 is 49.1 Å². The first-order valence-electron chi connectivity index (χ1n) is 4.17. The molecule has 0 saturated heterocycles. The molecule has 0 amide bonds. The lowest BCUT2D eigenvalue weighted by atomic mass is 10.1. The van der Waals surface area contributed by atoms with Crippen LogP contribution < -0.4 is 4.74 Å². The van der Waals surface area contributed by atoms with Gasteiger partial charge in [-0.25, -0.2) is 0 Å². The molecule has 80 valence electrons. The standard InChI is InChI=1S/C9H6Cl2O2S2/c10-14-5-3-6-7(12)1-2-13-9(6)8(4-5)15-11/h3-4H,1-2H2. The van der Waals surface area contributed by atoms with E-state index in [4.69, 9.17) is 26.1 Å². The molecular formula is C9H6Cl2O2S2. The predicted molar refractivity (Wildman–Crippen MR) is 64.3 cm³/mol. The van der Waals surface area contributed by atoms with Gasteiger partial charge in [0, 0.05) is 11.3 Å². The van der Waals surface area contributed by atoms with Crippen LogP contribution in [0.4, 0.5) is 0 Å². The van der Waals surface area contributed by atoms with Crippen molar-refractivity contribution in [3.63, 3.8) is 0 Å². The van der Waals surface area contributed by atoms with Crippen LogP contribution in [0.1, 0.15) is 16.8 Å². The summed E-state index contributed by atoms with van der Waals surface area (Å²) in [4.78, 5) is 13.2. The summed E-state index contributed by atoms with van der Waals surface area (Å²) in [5.41, 5.74) is 0.579. The zero-order valence-corrected chi connectivity index (χ0v) is 10.6. The Morgan fingerprint density at radius 2 is 2.07 bits per heavy atom. The molecule has 1 aliphatic rings. The predicted octanol–water partition coefficient (Wildman–Crippen LogP) is 4.14. The Kier molecular flexibility index (Phi) is 3.72. The van der Waals surface area contributed by atoms with Gasteiger partial charge in [0.25, 0.3) is 0 Å². The maximum atomic E-state index is 11.6. The van der Waals surface area contributed by atoms with E-state index in [-0.39, 0.29) is 5.78 Å². The number of hydrogen-bond acceptors (Lipinski definition) is 4. The molecule has 0 spiro atoms. The molecule has 0 unspecified atom stereocenters. The summed E-state index contributed by atoms with van der Waals surface area (Å²) in [5, 5.41) is 0. The highest BCUT2D eigenvalue weighted by Crippen LogP contribution is 2.41. The van der Waals surface area contributed by atoms with Crippen LogP contribution in [0.3, 0.4) is 0 Å². The van der Waals surface area contributed by atoms with Gasteiger partial charge in [-0.3, -0.25) is 4.79 Å². The van der Waals surface area contributed by atoms with Crippen molar-refractivity contribution in [3.05, 3.63) is 17.7 Å². The minimum absolute atomic E-state index is 0.0794. The highest BCUT2D eigenvalue weighted by molar-refractivity contribution is 8.21. The van der Waals surface area contributed by atoms with E-state index in [0.717, 1.165) is 31.7 Å². The van der Waals surface area contributed by atoms with E-state index in [1.165, 1.54) is 0 Å². The summed E-state index contributed by atoms with van der Waals surface area (Å²) in [6.07, 6.45) is 0.412. The number of hydrogen-bond donors (Lipinski definition) is 0. The minimum atomic E-state index is 0.0794. The van der Waals surface area contributed by atoms with Crippen LogP contribution in [0.5, 0.6) is 5.75 Å². The third kappa shape index (κ3) is 2.23. The van der Waals surface area contributed by atoms with Crippen LogP contribution >= 0.6 is 43.3 Å². The topological polar surface area (TPSA) is 26.3 Å². The van der Waals surface area contributed by atoms with E-state index in [1.54, 1.807) is 6.07 Å². The van der Waals surface area contributed by atoms with Crippen LogP contribution in [0, 0.1) is 0 Å². The normalized spacial score (nSPS) is 14.7. The van der Waals surface area contributed by atoms with Gasteiger partial charge < -0.3 is 4.74 Å². The first-order valence-corrected chi connectivity index (χ1v) is 7.46. The zero-order chi connectivity index (χ0) is 10.8. The molecule has 0 saturated carbocycles. The summed E-state index contributed by atoms with van der Waals surface area (Å²) in [5.74, 6) is 0.663. The van der Waals surface area contributed by atoms with Gasteiger partial charge in [0.2, 0.25) is 0 Å². The molecular weight excluding hydrogens is 275 g/mol. The fraction of sp³-hybridized carbons (Fsp3) is 0.222. The molecule has 2 nitrogen and oxygen atoms in total. The highest BCUT2D eigenvalue weighted by atomic mass is 35.7. The molecule has 1 aliphatic heterocycles. The van der Waals surface area contributed by atoms with Crippen molar-refractivity contribution in [2.45, 2.75) is 16.2 Å². The maximum absolute atomic E-state index is 11.6. The third-order valence-electron chi connectivity index (χ3n) is 2.08. The lowest BCUT2D eigenvalue weighted by Gasteiger charge is -2.18. The SMILES string of the molecule is O=C1CCOc2c(SCl)cc(SCl)cc21. The van der Waals surface area contributed by atoms with Crippen molar-refractivity contribution in [1.29, 1.82) is 0 Å². The molecule has 0 fully saturated rings. The molecule has 1 aromatic rings. The molecule has 0 aromatic heterocycles. The molecule has 0 N–H and O–H groups in total. The monoisotopic (exact) mass is 280 g/mol. The average molecular weight is 281 g/mol. The molecule has 6 heteroatoms. The summed E-state index contributed by atoms with van der Waals surface area (Å²) >= 11 is 0. The van der Waals surface area contributed by atoms with Crippen LogP contribution in [0.25, 0.3) is 0 Å². The van der Waals surface area contributed by atoms with Crippen molar-refractivity contribution in [2.75, 3.05) is 6.61 Å². The number of rotatable bonds is 2. The number of halogens is 2. The molecule has 0 radical (unpaired) electrons. The number of ketones is 1. The van der Waals surface area contributed by atoms with Gasteiger partial charge in [0.05, 0.1) is 17.1 Å². The molecule has 0 atom stereocenters. The lowest BCUT2D eigenvalue weighted by Crippen LogP contribution is -2.15. The van der Waals surface area contributed by atoms with Gasteiger partial charge >= 0.3 is 0 Å². The Balaban J connectivity index is 2.57. The second-order valence-corrected chi connectivity index (χ2v) is 5.12. The Bertz CT molecular complexity index is 409. The third-order valence-corrected chi connectivity index (χ3v) is 3.99. The van der Waals surface area contributed by atoms with E-state index in [1.807, 2.05) is 6.07 Å². The molecule has 0 bridgehead atoms. The van der Waals surface area contributed by atoms with Crippen LogP contribution in [0.2, 0.25) is 0 Å². The van der Waals surface area contributed by atoms with Crippen LogP contribution in [-0.2, 0) is 0 Å². The number of Topliss-reactive ketones (excluding diaryl/α,β-unsaturated/α-hetero) is 1. The van der Waals surface area contributed by atoms with Gasteiger partial charge in [-0.05, 0) is 55.4 Å². The Morgan fingerprint density at radius 1 is 1.27 bits per heavy atom. The van der Waals surface area contributed by atoms with Crippen molar-refractivity contribution in [1.82, 2.24) is 0 Å². The summed E-state index contributed by atoms with van der Waals surface area (Å²) in [6, 6.07) is 3.55. The van der Waals surface area contributed by atoms with E-state index >= 15 is 0 Å². The fourth-order valence-corrected chi connectivity index (χ4v) is 2.84. The summed E-state index contributed by atoms with van der Waals surface area (Å²) < 4.78 is 5.44. The number of carbonyl (C=O) groups is 1. The second kappa shape index (κ2) is 4.87. The molecule has 1 heterocycles. The van der Waals surface area contributed by atoms with E-state index < -0.39 is 0 Å². The quantitative estimate of drug-likeness (QED) is 0.813. The van der Waals surface area contributed by atoms with Gasteiger partial charge in [-0.1, -0.05) is 0 Å². The Morgan fingerprint density at radius 3 is 2.73 bits per heavy atom. The first-order chi connectivity index (χ1) is 7.26. The summed E-state index contributed by atoms with van der Waals surface area (Å²) in [7, 11) is 13.5. The Hall–Kier alpha value is -0.0300. The van der Waals surface area contributed by atoms with Crippen LogP contribution in [0.15, 0.2) is 21.9 Å². The molecule has 15 heavy (non-hydrogen) atoms. The number of fused-ring (bicyclic) bond motifs is 1. The molecule has 1 aromatic carbocycles. The maximum Gasteiger partial charge on any atom is 0.170 e. The smallest absolute Gasteiger partial charge is 0.170 e. The summed E-state index contributed by atoms with van der Waals surface area (Å²) in [6.45, 7) is 0.420. The van der Waals surface area contributed by atoms with Gasteiger partial charge in [-0.15, -0.1) is 0 Å². The van der Waals surface area contributed by atoms with Gasteiger partial charge in [0.1, 0.15) is 5.75 Å². The average Bonchev–Trinajstić information content (AvgIpc) is 2.28.